The summed E-state index contributed by atoms with van der Waals surface area (Å²) in [5.74, 6) is 0.134. The molecular formula is C11H6Cl2N2O3. The van der Waals surface area contributed by atoms with Gasteiger partial charge in [-0.05, 0) is 12.1 Å². The lowest BCUT2D eigenvalue weighted by Crippen LogP contribution is -1.95. The van der Waals surface area contributed by atoms with Crippen molar-refractivity contribution >= 4 is 28.9 Å². The summed E-state index contributed by atoms with van der Waals surface area (Å²) in [5.41, 5.74) is -0.223. The van der Waals surface area contributed by atoms with E-state index in [1.807, 2.05) is 0 Å². The predicted molar refractivity (Wildman–Crippen MR) is 67.4 cm³/mol. The molecule has 0 aliphatic heterocycles. The summed E-state index contributed by atoms with van der Waals surface area (Å²) >= 11 is 11.5. The zero-order chi connectivity index (χ0) is 13.1. The van der Waals surface area contributed by atoms with Crippen LogP contribution in [0.2, 0.25) is 10.0 Å². The van der Waals surface area contributed by atoms with E-state index in [0.717, 1.165) is 0 Å². The minimum Gasteiger partial charge on any atom is -0.430 e. The van der Waals surface area contributed by atoms with Crippen molar-refractivity contribution < 1.29 is 9.66 Å². The molecule has 0 N–H and O–H groups in total. The van der Waals surface area contributed by atoms with Gasteiger partial charge < -0.3 is 4.74 Å². The number of nitro groups is 1. The normalized spacial score (nSPS) is 10.1. The fourth-order valence-electron chi connectivity index (χ4n) is 1.27. The van der Waals surface area contributed by atoms with E-state index in [9.17, 15) is 10.1 Å². The van der Waals surface area contributed by atoms with E-state index in [1.54, 1.807) is 6.07 Å². The first-order valence-corrected chi connectivity index (χ1v) is 5.56. The van der Waals surface area contributed by atoms with Crippen LogP contribution in [0, 0.1) is 10.1 Å². The number of rotatable bonds is 3. The highest BCUT2D eigenvalue weighted by molar-refractivity contribution is 6.32. The highest BCUT2D eigenvalue weighted by atomic mass is 35.5. The van der Waals surface area contributed by atoms with Crippen LogP contribution in [0.25, 0.3) is 0 Å². The van der Waals surface area contributed by atoms with Gasteiger partial charge in [0, 0.05) is 18.3 Å². The topological polar surface area (TPSA) is 65.3 Å². The fraction of sp³-hybridized carbons (Fsp3) is 0. The monoisotopic (exact) mass is 284 g/mol. The zero-order valence-electron chi connectivity index (χ0n) is 8.84. The molecule has 0 saturated heterocycles. The van der Waals surface area contributed by atoms with Crippen LogP contribution < -0.4 is 4.74 Å². The van der Waals surface area contributed by atoms with E-state index >= 15 is 0 Å². The molecule has 92 valence electrons. The number of para-hydroxylation sites is 1. The standard InChI is InChI=1S/C11H6Cl2N2O3/c12-7-4-5-10(14-6-7)18-11-8(13)2-1-3-9(11)15(16)17/h1-6H. The number of benzene rings is 1. The lowest BCUT2D eigenvalue weighted by molar-refractivity contribution is -0.385. The van der Waals surface area contributed by atoms with Crippen molar-refractivity contribution in [2.45, 2.75) is 0 Å². The van der Waals surface area contributed by atoms with Gasteiger partial charge in [0.2, 0.25) is 11.6 Å². The third-order valence-corrected chi connectivity index (χ3v) is 2.57. The summed E-state index contributed by atoms with van der Waals surface area (Å²) in [4.78, 5) is 14.2. The van der Waals surface area contributed by atoms with Crippen LogP contribution in [0.4, 0.5) is 5.69 Å². The largest absolute Gasteiger partial charge is 0.430 e. The minimum absolute atomic E-state index is 0.0426. The second kappa shape index (κ2) is 5.20. The van der Waals surface area contributed by atoms with Gasteiger partial charge in [0.05, 0.1) is 15.0 Å². The number of hydrogen-bond donors (Lipinski definition) is 0. The van der Waals surface area contributed by atoms with Crippen LogP contribution in [0.3, 0.4) is 0 Å². The molecule has 0 bridgehead atoms. The lowest BCUT2D eigenvalue weighted by Gasteiger charge is -2.06. The van der Waals surface area contributed by atoms with E-state index < -0.39 is 4.92 Å². The number of ether oxygens (including phenoxy) is 1. The molecule has 0 spiro atoms. The minimum atomic E-state index is -0.572. The summed E-state index contributed by atoms with van der Waals surface area (Å²) in [7, 11) is 0. The number of nitro benzene ring substituents is 1. The molecule has 0 aliphatic carbocycles. The molecule has 1 heterocycles. The Morgan fingerprint density at radius 1 is 1.22 bits per heavy atom. The highest BCUT2D eigenvalue weighted by Gasteiger charge is 2.19. The van der Waals surface area contributed by atoms with Gasteiger partial charge in [-0.2, -0.15) is 0 Å². The van der Waals surface area contributed by atoms with Gasteiger partial charge in [0.25, 0.3) is 0 Å². The number of halogens is 2. The Labute approximate surface area is 112 Å². The van der Waals surface area contributed by atoms with Crippen molar-refractivity contribution in [3.8, 4) is 11.6 Å². The van der Waals surface area contributed by atoms with E-state index in [4.69, 9.17) is 27.9 Å². The predicted octanol–water partition coefficient (Wildman–Crippen LogP) is 4.09. The van der Waals surface area contributed by atoms with Gasteiger partial charge in [-0.15, -0.1) is 0 Å². The molecule has 2 rings (SSSR count). The summed E-state index contributed by atoms with van der Waals surface area (Å²) in [6.45, 7) is 0. The Hall–Kier alpha value is -1.85. The van der Waals surface area contributed by atoms with E-state index in [2.05, 4.69) is 4.98 Å². The van der Waals surface area contributed by atoms with Gasteiger partial charge in [-0.25, -0.2) is 4.98 Å². The van der Waals surface area contributed by atoms with Gasteiger partial charge >= 0.3 is 5.69 Å². The molecule has 2 aromatic rings. The molecule has 1 aromatic carbocycles. The summed E-state index contributed by atoms with van der Waals surface area (Å²) in [6, 6.07) is 7.33. The van der Waals surface area contributed by atoms with Gasteiger partial charge in [0.1, 0.15) is 0 Å². The number of hydrogen-bond acceptors (Lipinski definition) is 4. The molecule has 0 saturated carbocycles. The molecule has 0 radical (unpaired) electrons. The number of nitrogens with zero attached hydrogens (tertiary/aromatic N) is 2. The molecule has 0 atom stereocenters. The second-order valence-corrected chi connectivity index (χ2v) is 4.11. The molecule has 5 nitrogen and oxygen atoms in total. The summed E-state index contributed by atoms with van der Waals surface area (Å²) in [6.07, 6.45) is 1.37. The van der Waals surface area contributed by atoms with Crippen molar-refractivity contribution in [3.05, 3.63) is 56.7 Å². The van der Waals surface area contributed by atoms with Crippen molar-refractivity contribution in [3.63, 3.8) is 0 Å². The molecular weight excluding hydrogens is 279 g/mol. The first kappa shape index (κ1) is 12.6. The lowest BCUT2D eigenvalue weighted by atomic mass is 10.3. The van der Waals surface area contributed by atoms with Crippen molar-refractivity contribution in [1.82, 2.24) is 4.98 Å². The molecule has 0 fully saturated rings. The van der Waals surface area contributed by atoms with Crippen LogP contribution >= 0.6 is 23.2 Å². The molecule has 0 unspecified atom stereocenters. The Bertz CT molecular complexity index is 587. The first-order valence-electron chi connectivity index (χ1n) is 4.80. The Balaban J connectivity index is 2.39. The second-order valence-electron chi connectivity index (χ2n) is 3.26. The maximum Gasteiger partial charge on any atom is 0.313 e. The number of aromatic nitrogens is 1. The third kappa shape index (κ3) is 2.69. The third-order valence-electron chi connectivity index (χ3n) is 2.05. The van der Waals surface area contributed by atoms with Gasteiger partial charge in [-0.3, -0.25) is 10.1 Å². The number of pyridine rings is 1. The molecule has 1 aromatic heterocycles. The summed E-state index contributed by atoms with van der Waals surface area (Å²) in [5, 5.41) is 11.4. The average Bonchev–Trinajstić information content (AvgIpc) is 2.34. The summed E-state index contributed by atoms with van der Waals surface area (Å²) < 4.78 is 5.31. The van der Waals surface area contributed by atoms with E-state index in [1.165, 1.54) is 30.5 Å². The van der Waals surface area contributed by atoms with Crippen molar-refractivity contribution in [1.29, 1.82) is 0 Å². The van der Waals surface area contributed by atoms with Crippen LogP contribution in [0.1, 0.15) is 0 Å². The van der Waals surface area contributed by atoms with E-state index in [0.29, 0.717) is 5.02 Å². The van der Waals surface area contributed by atoms with Gasteiger partial charge in [-0.1, -0.05) is 29.3 Å². The molecule has 0 aliphatic rings. The maximum absolute atomic E-state index is 10.8. The average molecular weight is 285 g/mol. The van der Waals surface area contributed by atoms with Crippen molar-refractivity contribution in [2.75, 3.05) is 0 Å². The van der Waals surface area contributed by atoms with Crippen LogP contribution in [-0.4, -0.2) is 9.91 Å². The van der Waals surface area contributed by atoms with Crippen LogP contribution in [0.5, 0.6) is 11.6 Å². The quantitative estimate of drug-likeness (QED) is 0.629. The van der Waals surface area contributed by atoms with Crippen molar-refractivity contribution in [2.24, 2.45) is 0 Å². The van der Waals surface area contributed by atoms with E-state index in [-0.39, 0.29) is 22.3 Å². The van der Waals surface area contributed by atoms with Crippen LogP contribution in [0.15, 0.2) is 36.5 Å². The molecule has 0 amide bonds. The molecule has 18 heavy (non-hydrogen) atoms. The zero-order valence-corrected chi connectivity index (χ0v) is 10.4. The Kier molecular flexibility index (Phi) is 3.64. The van der Waals surface area contributed by atoms with Gasteiger partial charge in [0.15, 0.2) is 0 Å². The smallest absolute Gasteiger partial charge is 0.313 e. The fourth-order valence-corrected chi connectivity index (χ4v) is 1.59. The SMILES string of the molecule is O=[N+]([O-])c1cccc(Cl)c1Oc1ccc(Cl)cn1. The molecule has 7 heteroatoms. The highest BCUT2D eigenvalue weighted by Crippen LogP contribution is 2.37. The Morgan fingerprint density at radius 2 is 2.00 bits per heavy atom. The Morgan fingerprint density at radius 3 is 2.61 bits per heavy atom. The maximum atomic E-state index is 10.8. The van der Waals surface area contributed by atoms with Crippen LogP contribution in [-0.2, 0) is 0 Å². The first-order chi connectivity index (χ1) is 8.58.